The van der Waals surface area contributed by atoms with Crippen LogP contribution in [-0.2, 0) is 14.3 Å². The van der Waals surface area contributed by atoms with Gasteiger partial charge in [0.25, 0.3) is 0 Å². The van der Waals surface area contributed by atoms with Gasteiger partial charge in [-0.1, -0.05) is 61.9 Å². The molecule has 4 rings (SSSR count). The summed E-state index contributed by atoms with van der Waals surface area (Å²) in [7, 11) is 0. The van der Waals surface area contributed by atoms with Crippen LogP contribution in [0.4, 0.5) is 4.79 Å². The molecule has 0 aliphatic heterocycles. The molecule has 7 nitrogen and oxygen atoms in total. The summed E-state index contributed by atoms with van der Waals surface area (Å²) in [6.07, 6.45) is 1.55. The van der Waals surface area contributed by atoms with Crippen molar-refractivity contribution in [3.05, 3.63) is 59.7 Å². The SMILES string of the molecule is CCC[C@@H](CC(=O)O)NC(=O)[C@@H]1C[C@@H]1CNC(=O)OCC1c2ccccc2-c2ccccc21. The van der Waals surface area contributed by atoms with E-state index in [1.165, 1.54) is 11.1 Å². The monoisotopic (exact) mass is 450 g/mol. The molecule has 3 N–H and O–H groups in total. The molecule has 1 saturated carbocycles. The molecule has 3 atom stereocenters. The molecule has 2 aliphatic rings. The number of ether oxygens (including phenoxy) is 1. The third-order valence-electron chi connectivity index (χ3n) is 6.52. The number of hydrogen-bond donors (Lipinski definition) is 3. The first kappa shape index (κ1) is 22.8. The third kappa shape index (κ3) is 5.35. The van der Waals surface area contributed by atoms with Crippen LogP contribution in [0.1, 0.15) is 49.7 Å². The van der Waals surface area contributed by atoms with Crippen LogP contribution < -0.4 is 10.6 Å². The van der Waals surface area contributed by atoms with Crippen LogP contribution in [0, 0.1) is 11.8 Å². The molecule has 0 saturated heterocycles. The number of amides is 2. The Morgan fingerprint density at radius 1 is 1.06 bits per heavy atom. The molecule has 0 spiro atoms. The molecule has 0 bridgehead atoms. The molecular weight excluding hydrogens is 420 g/mol. The highest BCUT2D eigenvalue weighted by Gasteiger charge is 2.43. The lowest BCUT2D eigenvalue weighted by Crippen LogP contribution is -2.38. The van der Waals surface area contributed by atoms with E-state index in [4.69, 9.17) is 9.84 Å². The summed E-state index contributed by atoms with van der Waals surface area (Å²) in [6.45, 7) is 2.58. The van der Waals surface area contributed by atoms with Crippen LogP contribution >= 0.6 is 0 Å². The Labute approximate surface area is 193 Å². The number of fused-ring (bicyclic) bond motifs is 3. The second-order valence-electron chi connectivity index (χ2n) is 8.90. The number of carboxylic acid groups (broad SMARTS) is 1. The van der Waals surface area contributed by atoms with Crippen molar-refractivity contribution in [1.29, 1.82) is 0 Å². The van der Waals surface area contributed by atoms with Gasteiger partial charge in [-0.15, -0.1) is 0 Å². The quantitative estimate of drug-likeness (QED) is 0.509. The number of carboxylic acids is 1. The van der Waals surface area contributed by atoms with Crippen LogP contribution in [0.3, 0.4) is 0 Å². The number of hydrogen-bond acceptors (Lipinski definition) is 4. The fraction of sp³-hybridized carbons (Fsp3) is 0.423. The van der Waals surface area contributed by atoms with Gasteiger partial charge < -0.3 is 20.5 Å². The molecule has 7 heteroatoms. The lowest BCUT2D eigenvalue weighted by molar-refractivity contribution is -0.137. The van der Waals surface area contributed by atoms with Crippen molar-refractivity contribution >= 4 is 18.0 Å². The van der Waals surface area contributed by atoms with Crippen LogP contribution in [0.25, 0.3) is 11.1 Å². The molecule has 2 aromatic carbocycles. The van der Waals surface area contributed by atoms with Crippen molar-refractivity contribution in [1.82, 2.24) is 10.6 Å². The summed E-state index contributed by atoms with van der Waals surface area (Å²) in [4.78, 5) is 35.7. The first-order valence-corrected chi connectivity index (χ1v) is 11.6. The number of aliphatic carboxylic acids is 1. The molecule has 2 amide bonds. The highest BCUT2D eigenvalue weighted by atomic mass is 16.5. The number of carbonyl (C=O) groups is 3. The molecular formula is C26H30N2O5. The minimum Gasteiger partial charge on any atom is -0.481 e. The number of benzene rings is 2. The molecule has 0 radical (unpaired) electrons. The Balaban J connectivity index is 1.23. The first-order chi connectivity index (χ1) is 16.0. The van der Waals surface area contributed by atoms with Gasteiger partial charge in [0, 0.05) is 24.4 Å². The molecule has 33 heavy (non-hydrogen) atoms. The molecule has 0 unspecified atom stereocenters. The Morgan fingerprint density at radius 3 is 2.30 bits per heavy atom. The fourth-order valence-electron chi connectivity index (χ4n) is 4.75. The lowest BCUT2D eigenvalue weighted by atomic mass is 9.98. The molecule has 2 aromatic rings. The second-order valence-corrected chi connectivity index (χ2v) is 8.90. The Morgan fingerprint density at radius 2 is 1.70 bits per heavy atom. The van der Waals surface area contributed by atoms with E-state index in [0.717, 1.165) is 17.5 Å². The van der Waals surface area contributed by atoms with Gasteiger partial charge in [-0.3, -0.25) is 9.59 Å². The summed E-state index contributed by atoms with van der Waals surface area (Å²) in [5.41, 5.74) is 4.68. The third-order valence-corrected chi connectivity index (χ3v) is 6.52. The van der Waals surface area contributed by atoms with E-state index < -0.39 is 12.1 Å². The minimum atomic E-state index is -0.919. The van der Waals surface area contributed by atoms with Gasteiger partial charge in [0.15, 0.2) is 0 Å². The zero-order valence-corrected chi connectivity index (χ0v) is 18.8. The zero-order chi connectivity index (χ0) is 23.4. The van der Waals surface area contributed by atoms with E-state index in [1.54, 1.807) is 0 Å². The van der Waals surface area contributed by atoms with Crippen molar-refractivity contribution in [2.24, 2.45) is 11.8 Å². The summed E-state index contributed by atoms with van der Waals surface area (Å²) in [5, 5.41) is 14.6. The number of nitrogens with one attached hydrogen (secondary N) is 2. The summed E-state index contributed by atoms with van der Waals surface area (Å²) >= 11 is 0. The summed E-state index contributed by atoms with van der Waals surface area (Å²) in [6, 6.07) is 16.0. The topological polar surface area (TPSA) is 105 Å². The summed E-state index contributed by atoms with van der Waals surface area (Å²) in [5.74, 6) is -1.18. The fourth-order valence-corrected chi connectivity index (χ4v) is 4.75. The normalized spacial score (nSPS) is 19.2. The summed E-state index contributed by atoms with van der Waals surface area (Å²) < 4.78 is 5.54. The van der Waals surface area contributed by atoms with Crippen LogP contribution in [0.2, 0.25) is 0 Å². The Kier molecular flexibility index (Phi) is 6.96. The average molecular weight is 451 g/mol. The van der Waals surface area contributed by atoms with Crippen molar-refractivity contribution < 1.29 is 24.2 Å². The van der Waals surface area contributed by atoms with Crippen LogP contribution in [0.5, 0.6) is 0 Å². The van der Waals surface area contributed by atoms with Crippen molar-refractivity contribution in [2.45, 2.75) is 44.6 Å². The Hall–Kier alpha value is -3.35. The van der Waals surface area contributed by atoms with E-state index >= 15 is 0 Å². The van der Waals surface area contributed by atoms with Crippen LogP contribution in [-0.4, -0.2) is 42.3 Å². The van der Waals surface area contributed by atoms with Crippen molar-refractivity contribution in [3.8, 4) is 11.1 Å². The zero-order valence-electron chi connectivity index (χ0n) is 18.8. The van der Waals surface area contributed by atoms with Gasteiger partial charge in [0.1, 0.15) is 6.61 Å². The van der Waals surface area contributed by atoms with E-state index in [2.05, 4.69) is 34.9 Å². The molecule has 0 aromatic heterocycles. The van der Waals surface area contributed by atoms with Gasteiger partial charge in [-0.25, -0.2) is 4.79 Å². The minimum absolute atomic E-state index is 0.00679. The van der Waals surface area contributed by atoms with E-state index in [0.29, 0.717) is 19.4 Å². The maximum atomic E-state index is 12.4. The van der Waals surface area contributed by atoms with E-state index in [1.807, 2.05) is 31.2 Å². The van der Waals surface area contributed by atoms with Crippen molar-refractivity contribution in [2.75, 3.05) is 13.2 Å². The van der Waals surface area contributed by atoms with Gasteiger partial charge >= 0.3 is 12.1 Å². The lowest BCUT2D eigenvalue weighted by Gasteiger charge is -2.16. The van der Waals surface area contributed by atoms with Gasteiger partial charge in [-0.2, -0.15) is 0 Å². The standard InChI is InChI=1S/C26H30N2O5/c1-2-7-17(13-24(29)30)28-25(31)22-12-16(22)14-27-26(32)33-15-23-20-10-5-3-8-18(20)19-9-4-6-11-21(19)23/h3-6,8-11,16-17,22-23H,2,7,12-15H2,1H3,(H,27,32)(H,28,31)(H,29,30)/t16-,17+,22-/m1/s1. The first-order valence-electron chi connectivity index (χ1n) is 11.6. The maximum absolute atomic E-state index is 12.4. The predicted molar refractivity (Wildman–Crippen MR) is 124 cm³/mol. The maximum Gasteiger partial charge on any atom is 0.407 e. The molecule has 1 fully saturated rings. The van der Waals surface area contributed by atoms with Crippen LogP contribution in [0.15, 0.2) is 48.5 Å². The average Bonchev–Trinajstić information content (AvgIpc) is 3.51. The van der Waals surface area contributed by atoms with Gasteiger partial charge in [0.05, 0.1) is 6.42 Å². The molecule has 174 valence electrons. The number of alkyl carbamates (subject to hydrolysis) is 1. The Bertz CT molecular complexity index is 991. The van der Waals surface area contributed by atoms with E-state index in [9.17, 15) is 14.4 Å². The number of carbonyl (C=O) groups excluding carboxylic acids is 2. The molecule has 0 heterocycles. The van der Waals surface area contributed by atoms with E-state index in [-0.39, 0.29) is 42.7 Å². The van der Waals surface area contributed by atoms with Crippen molar-refractivity contribution in [3.63, 3.8) is 0 Å². The largest absolute Gasteiger partial charge is 0.481 e. The predicted octanol–water partition coefficient (Wildman–Crippen LogP) is 3.92. The van der Waals surface area contributed by atoms with Gasteiger partial charge in [0.2, 0.25) is 5.91 Å². The highest BCUT2D eigenvalue weighted by Crippen LogP contribution is 2.44. The smallest absolute Gasteiger partial charge is 0.407 e. The molecule has 2 aliphatic carbocycles. The number of rotatable bonds is 10. The highest BCUT2D eigenvalue weighted by molar-refractivity contribution is 5.82. The second kappa shape index (κ2) is 10.1. The van der Waals surface area contributed by atoms with Gasteiger partial charge in [-0.05, 0) is 41.0 Å².